The van der Waals surface area contributed by atoms with Crippen molar-refractivity contribution in [3.63, 3.8) is 0 Å². The number of benzene rings is 1. The van der Waals surface area contributed by atoms with Gasteiger partial charge in [-0.2, -0.15) is 5.26 Å². The second-order valence-electron chi connectivity index (χ2n) is 7.59. The minimum atomic E-state index is 0.200. The van der Waals surface area contributed by atoms with Crippen LogP contribution in [0.25, 0.3) is 21.9 Å². The van der Waals surface area contributed by atoms with Gasteiger partial charge >= 0.3 is 0 Å². The predicted molar refractivity (Wildman–Crippen MR) is 112 cm³/mol. The number of aromatic nitrogens is 3. The number of rotatable bonds is 5. The molecule has 0 bridgehead atoms. The summed E-state index contributed by atoms with van der Waals surface area (Å²) in [5, 5.41) is 19.7. The number of nitrogens with one attached hydrogen (secondary N) is 1. The fourth-order valence-corrected chi connectivity index (χ4v) is 4.04. The second kappa shape index (κ2) is 8.11. The standard InChI is InChI=1S/C22H24N6O/c1-14(9-23)11-25-13-21-27-20-12-26-19-4-3-16(10-24)8-18(19)22(20)28(21)17-5-6-29-15(2)7-17/h3-4,8-9,11-12,15,17,23,25H,5-7,13H2,1-2H3/p+1. The number of allylic oxidation sites excluding steroid dienone is 1. The quantitative estimate of drug-likeness (QED) is 0.655. The fourth-order valence-electron chi connectivity index (χ4n) is 4.04. The van der Waals surface area contributed by atoms with Crippen LogP contribution in [0.3, 0.4) is 0 Å². The van der Waals surface area contributed by atoms with Crippen LogP contribution in [0.4, 0.5) is 0 Å². The van der Waals surface area contributed by atoms with Crippen molar-refractivity contribution in [2.75, 3.05) is 6.61 Å². The molecule has 1 fully saturated rings. The molecule has 148 valence electrons. The Bertz CT molecular complexity index is 1140. The molecule has 0 saturated carbocycles. The van der Waals surface area contributed by atoms with Gasteiger partial charge < -0.3 is 20.0 Å². The first-order chi connectivity index (χ1) is 14.1. The van der Waals surface area contributed by atoms with E-state index < -0.39 is 0 Å². The Morgan fingerprint density at radius 1 is 1.45 bits per heavy atom. The molecule has 2 atom stereocenters. The largest absolute Gasteiger partial charge is 0.378 e. The summed E-state index contributed by atoms with van der Waals surface area (Å²) in [4.78, 5) is 9.46. The van der Waals surface area contributed by atoms with Crippen molar-refractivity contribution in [2.24, 2.45) is 0 Å². The molecule has 2 aromatic heterocycles. The SMILES string of the molecule is CC(C=N)=C[NH2+]Cc1nc2cnc3ccc(C#N)cc3c2n1C1CCOC(C)C1. The maximum absolute atomic E-state index is 9.38. The number of hydrogen-bond donors (Lipinski definition) is 2. The van der Waals surface area contributed by atoms with E-state index in [9.17, 15) is 5.26 Å². The van der Waals surface area contributed by atoms with E-state index in [2.05, 4.69) is 27.9 Å². The highest BCUT2D eigenvalue weighted by atomic mass is 16.5. The van der Waals surface area contributed by atoms with Crippen LogP contribution in [0.1, 0.15) is 44.1 Å². The van der Waals surface area contributed by atoms with Crippen molar-refractivity contribution in [1.82, 2.24) is 14.5 Å². The lowest BCUT2D eigenvalue weighted by Gasteiger charge is -2.29. The van der Waals surface area contributed by atoms with Gasteiger partial charge in [0.2, 0.25) is 0 Å². The third-order valence-electron chi connectivity index (χ3n) is 5.45. The zero-order valence-electron chi connectivity index (χ0n) is 16.7. The molecular formula is C22H25N6O+. The van der Waals surface area contributed by atoms with Crippen LogP contribution >= 0.6 is 0 Å². The maximum Gasteiger partial charge on any atom is 0.166 e. The Morgan fingerprint density at radius 3 is 3.07 bits per heavy atom. The Morgan fingerprint density at radius 2 is 2.31 bits per heavy atom. The molecular weight excluding hydrogens is 364 g/mol. The number of pyridine rings is 1. The van der Waals surface area contributed by atoms with E-state index in [-0.39, 0.29) is 12.1 Å². The number of quaternary nitrogens is 1. The fraction of sp³-hybridized carbons (Fsp3) is 0.364. The normalized spacial score (nSPS) is 20.1. The minimum Gasteiger partial charge on any atom is -0.378 e. The van der Waals surface area contributed by atoms with Gasteiger partial charge in [0.25, 0.3) is 0 Å². The predicted octanol–water partition coefficient (Wildman–Crippen LogP) is 2.81. The van der Waals surface area contributed by atoms with Crippen molar-refractivity contribution in [3.8, 4) is 6.07 Å². The van der Waals surface area contributed by atoms with E-state index in [1.54, 1.807) is 6.07 Å². The van der Waals surface area contributed by atoms with E-state index in [1.165, 1.54) is 6.21 Å². The monoisotopic (exact) mass is 389 g/mol. The lowest BCUT2D eigenvalue weighted by atomic mass is 10.0. The van der Waals surface area contributed by atoms with Crippen LogP contribution in [0.5, 0.6) is 0 Å². The summed E-state index contributed by atoms with van der Waals surface area (Å²) in [5.74, 6) is 0.977. The molecule has 4 rings (SSSR count). The smallest absolute Gasteiger partial charge is 0.166 e. The number of hydrogen-bond acceptors (Lipinski definition) is 5. The summed E-state index contributed by atoms with van der Waals surface area (Å²) < 4.78 is 8.11. The number of fused-ring (bicyclic) bond motifs is 3. The molecule has 7 heteroatoms. The molecule has 1 aliphatic heterocycles. The summed E-state index contributed by atoms with van der Waals surface area (Å²) >= 11 is 0. The molecule has 3 heterocycles. The van der Waals surface area contributed by atoms with Gasteiger partial charge in [-0.05, 0) is 44.9 Å². The third-order valence-corrected chi connectivity index (χ3v) is 5.45. The van der Waals surface area contributed by atoms with E-state index in [4.69, 9.17) is 15.1 Å². The van der Waals surface area contributed by atoms with Crippen LogP contribution < -0.4 is 5.32 Å². The van der Waals surface area contributed by atoms with Crippen LogP contribution in [0.15, 0.2) is 36.2 Å². The van der Waals surface area contributed by atoms with Gasteiger partial charge in [0.05, 0.1) is 41.2 Å². The van der Waals surface area contributed by atoms with Crippen molar-refractivity contribution in [2.45, 2.75) is 45.4 Å². The number of nitriles is 1. The van der Waals surface area contributed by atoms with E-state index in [0.717, 1.165) is 52.8 Å². The summed E-state index contributed by atoms with van der Waals surface area (Å²) in [7, 11) is 0. The van der Waals surface area contributed by atoms with E-state index >= 15 is 0 Å². The average molecular weight is 389 g/mol. The molecule has 3 aromatic rings. The molecule has 0 radical (unpaired) electrons. The Hall–Kier alpha value is -3.08. The maximum atomic E-state index is 9.38. The lowest BCUT2D eigenvalue weighted by molar-refractivity contribution is -0.606. The molecule has 3 N–H and O–H groups in total. The van der Waals surface area contributed by atoms with Crippen molar-refractivity contribution in [3.05, 3.63) is 47.6 Å². The number of imidazole rings is 1. The molecule has 1 saturated heterocycles. The first-order valence-corrected chi connectivity index (χ1v) is 9.92. The van der Waals surface area contributed by atoms with Gasteiger partial charge in [0, 0.05) is 29.8 Å². The van der Waals surface area contributed by atoms with Crippen molar-refractivity contribution >= 4 is 28.2 Å². The number of ether oxygens (including phenoxy) is 1. The summed E-state index contributed by atoms with van der Waals surface area (Å²) in [6.45, 7) is 5.42. The zero-order chi connectivity index (χ0) is 20.4. The van der Waals surface area contributed by atoms with E-state index in [1.807, 2.05) is 31.5 Å². The molecule has 0 spiro atoms. The molecule has 0 amide bonds. The van der Waals surface area contributed by atoms with Crippen molar-refractivity contribution in [1.29, 1.82) is 10.7 Å². The van der Waals surface area contributed by atoms with Crippen molar-refractivity contribution < 1.29 is 10.1 Å². The van der Waals surface area contributed by atoms with Gasteiger partial charge in [-0.15, -0.1) is 0 Å². The number of nitrogens with two attached hydrogens (primary N) is 1. The molecule has 2 unspecified atom stereocenters. The molecule has 7 nitrogen and oxygen atoms in total. The second-order valence-corrected chi connectivity index (χ2v) is 7.59. The Labute approximate surface area is 169 Å². The molecule has 29 heavy (non-hydrogen) atoms. The van der Waals surface area contributed by atoms with Crippen LogP contribution in [-0.2, 0) is 11.3 Å². The van der Waals surface area contributed by atoms with Gasteiger partial charge in [-0.25, -0.2) is 4.98 Å². The molecule has 1 aliphatic rings. The van der Waals surface area contributed by atoms with Crippen LogP contribution in [-0.4, -0.2) is 33.5 Å². The first kappa shape index (κ1) is 19.2. The molecule has 0 aliphatic carbocycles. The highest BCUT2D eigenvalue weighted by Gasteiger charge is 2.26. The van der Waals surface area contributed by atoms with Gasteiger partial charge in [-0.1, -0.05) is 0 Å². The average Bonchev–Trinajstić information content (AvgIpc) is 3.12. The summed E-state index contributed by atoms with van der Waals surface area (Å²) in [6, 6.07) is 8.15. The van der Waals surface area contributed by atoms with Gasteiger partial charge in [0.15, 0.2) is 5.82 Å². The van der Waals surface area contributed by atoms with Gasteiger partial charge in [0.1, 0.15) is 12.1 Å². The zero-order valence-corrected chi connectivity index (χ0v) is 16.7. The Balaban J connectivity index is 1.89. The molecule has 1 aromatic carbocycles. The van der Waals surface area contributed by atoms with Crippen LogP contribution in [0, 0.1) is 16.7 Å². The summed E-state index contributed by atoms with van der Waals surface area (Å²) in [5.41, 5.74) is 4.29. The number of nitrogens with zero attached hydrogens (tertiary/aromatic N) is 4. The minimum absolute atomic E-state index is 0.200. The topological polar surface area (TPSA) is 104 Å². The highest BCUT2D eigenvalue weighted by Crippen LogP contribution is 2.33. The van der Waals surface area contributed by atoms with E-state index in [0.29, 0.717) is 12.1 Å². The Kier molecular flexibility index (Phi) is 5.38. The first-order valence-electron chi connectivity index (χ1n) is 9.92. The van der Waals surface area contributed by atoms with Gasteiger partial charge in [-0.3, -0.25) is 4.98 Å². The van der Waals surface area contributed by atoms with Crippen LogP contribution in [0.2, 0.25) is 0 Å². The highest BCUT2D eigenvalue weighted by molar-refractivity contribution is 6.02. The lowest BCUT2D eigenvalue weighted by Crippen LogP contribution is -2.76. The summed E-state index contributed by atoms with van der Waals surface area (Å²) in [6.07, 6.45) is 7.18. The third kappa shape index (κ3) is 3.77.